The summed E-state index contributed by atoms with van der Waals surface area (Å²) in [6, 6.07) is 10.9. The van der Waals surface area contributed by atoms with Gasteiger partial charge in [-0.2, -0.15) is 14.9 Å². The van der Waals surface area contributed by atoms with Crippen molar-refractivity contribution < 1.29 is 9.53 Å². The number of carbonyl (C=O) groups is 1. The molecule has 1 saturated heterocycles. The van der Waals surface area contributed by atoms with Gasteiger partial charge in [-0.05, 0) is 24.6 Å². The molecule has 0 aliphatic carbocycles. The van der Waals surface area contributed by atoms with Gasteiger partial charge in [0, 0.05) is 54.6 Å². The molecule has 1 atom stereocenters. The molecule has 12 nitrogen and oxygen atoms in total. The second-order valence-corrected chi connectivity index (χ2v) is 9.56. The van der Waals surface area contributed by atoms with E-state index >= 15 is 0 Å². The van der Waals surface area contributed by atoms with Gasteiger partial charge in [-0.1, -0.05) is 13.8 Å². The Labute approximate surface area is 213 Å². The van der Waals surface area contributed by atoms with Crippen molar-refractivity contribution in [2.45, 2.75) is 26.3 Å². The lowest BCUT2D eigenvalue weighted by molar-refractivity contribution is 0.1000. The summed E-state index contributed by atoms with van der Waals surface area (Å²) in [4.78, 5) is 23.1. The highest BCUT2D eigenvalue weighted by Gasteiger charge is 2.37. The molecule has 188 valence electrons. The van der Waals surface area contributed by atoms with Crippen LogP contribution in [0, 0.1) is 16.7 Å². The number of ether oxygens (including phenoxy) is 1. The summed E-state index contributed by atoms with van der Waals surface area (Å²) in [5, 5.41) is 25.4. The maximum atomic E-state index is 12.3. The van der Waals surface area contributed by atoms with Crippen LogP contribution in [-0.4, -0.2) is 61.9 Å². The monoisotopic (exact) mass is 498 g/mol. The second-order valence-electron chi connectivity index (χ2n) is 9.56. The van der Waals surface area contributed by atoms with Crippen molar-refractivity contribution in [1.29, 1.82) is 5.26 Å². The number of nitriles is 1. The van der Waals surface area contributed by atoms with Gasteiger partial charge >= 0.3 is 0 Å². The van der Waals surface area contributed by atoms with Crippen LogP contribution in [0.1, 0.15) is 36.3 Å². The highest BCUT2D eigenvalue weighted by atomic mass is 16.5. The van der Waals surface area contributed by atoms with Gasteiger partial charge in [0.2, 0.25) is 5.88 Å². The number of nitrogens with two attached hydrogens (primary N) is 1. The third kappa shape index (κ3) is 4.58. The maximum absolute atomic E-state index is 12.3. The van der Waals surface area contributed by atoms with Crippen LogP contribution in [0.25, 0.3) is 16.9 Å². The average Bonchev–Trinajstić information content (AvgIpc) is 3.34. The molecule has 0 bridgehead atoms. The number of pyridine rings is 1. The molecule has 0 saturated carbocycles. The number of nitrogens with zero attached hydrogens (tertiary/aromatic N) is 8. The molecular weight excluding hydrogens is 472 g/mol. The third-order valence-corrected chi connectivity index (χ3v) is 6.62. The molecule has 37 heavy (non-hydrogen) atoms. The van der Waals surface area contributed by atoms with E-state index in [2.05, 4.69) is 44.2 Å². The molecule has 4 aromatic rings. The Morgan fingerprint density at radius 1 is 1.22 bits per heavy atom. The van der Waals surface area contributed by atoms with E-state index in [-0.39, 0.29) is 22.7 Å². The minimum atomic E-state index is -0.594. The number of anilines is 2. The minimum Gasteiger partial charge on any atom is -0.481 e. The predicted octanol–water partition coefficient (Wildman–Crippen LogP) is 2.28. The number of aromatic nitrogens is 6. The first-order valence-corrected chi connectivity index (χ1v) is 11.7. The molecule has 5 heterocycles. The Morgan fingerprint density at radius 3 is 2.68 bits per heavy atom. The van der Waals surface area contributed by atoms with E-state index in [9.17, 15) is 4.79 Å². The Bertz CT molecular complexity index is 1490. The van der Waals surface area contributed by atoms with Crippen LogP contribution in [-0.2, 0) is 0 Å². The van der Waals surface area contributed by atoms with Crippen molar-refractivity contribution in [2.75, 3.05) is 30.4 Å². The van der Waals surface area contributed by atoms with Gasteiger partial charge in [0.05, 0.1) is 18.4 Å². The quantitative estimate of drug-likeness (QED) is 0.403. The van der Waals surface area contributed by atoms with Crippen molar-refractivity contribution >= 4 is 23.2 Å². The smallest absolute Gasteiger partial charge is 0.254 e. The largest absolute Gasteiger partial charge is 0.481 e. The first-order chi connectivity index (χ1) is 17.8. The zero-order valence-corrected chi connectivity index (χ0v) is 20.7. The van der Waals surface area contributed by atoms with Gasteiger partial charge in [0.25, 0.3) is 5.91 Å². The van der Waals surface area contributed by atoms with E-state index in [1.165, 1.54) is 6.20 Å². The predicted molar refractivity (Wildman–Crippen MR) is 136 cm³/mol. The van der Waals surface area contributed by atoms with Crippen LogP contribution in [0.15, 0.2) is 42.7 Å². The minimum absolute atomic E-state index is 0.00547. The zero-order valence-electron chi connectivity index (χ0n) is 20.7. The fourth-order valence-corrected chi connectivity index (χ4v) is 4.58. The van der Waals surface area contributed by atoms with Crippen molar-refractivity contribution in [2.24, 2.45) is 11.1 Å². The lowest BCUT2D eigenvalue weighted by atomic mass is 9.79. The van der Waals surface area contributed by atoms with Crippen LogP contribution in [0.2, 0.25) is 0 Å². The number of fused-ring (bicyclic) bond motifs is 1. The Kier molecular flexibility index (Phi) is 6.04. The van der Waals surface area contributed by atoms with Gasteiger partial charge in [-0.15, -0.1) is 10.2 Å². The average molecular weight is 499 g/mol. The summed E-state index contributed by atoms with van der Waals surface area (Å²) in [7, 11) is 1.56. The number of amides is 1. The topological polar surface area (TPSA) is 160 Å². The normalized spacial score (nSPS) is 16.8. The molecule has 1 aliphatic heterocycles. The highest BCUT2D eigenvalue weighted by Crippen LogP contribution is 2.34. The number of carbonyl (C=O) groups excluding carboxylic acids is 1. The van der Waals surface area contributed by atoms with Crippen molar-refractivity contribution in [3.63, 3.8) is 0 Å². The van der Waals surface area contributed by atoms with Crippen molar-refractivity contribution in [3.8, 4) is 23.2 Å². The summed E-state index contributed by atoms with van der Waals surface area (Å²) in [5.74, 6) is 1.13. The van der Waals surface area contributed by atoms with Gasteiger partial charge < -0.3 is 20.7 Å². The summed E-state index contributed by atoms with van der Waals surface area (Å²) in [5.41, 5.74) is 8.04. The number of hydrogen-bond donors (Lipinski definition) is 2. The summed E-state index contributed by atoms with van der Waals surface area (Å²) >= 11 is 0. The standard InChI is InChI=1S/C25H26N10O2/c1-25(2)14-34(20-6-5-16(11-26)31-32-20)9-8-19(25)30-24-17(23(27)36)13-28-21-10-18(33-35(21)24)15-4-7-22(37-3)29-12-15/h4-7,10,12-13,19,30H,8-9,14H2,1-3H3,(H2,27,36). The molecule has 12 heteroatoms. The van der Waals surface area contributed by atoms with E-state index in [4.69, 9.17) is 20.8 Å². The number of nitrogens with one attached hydrogen (secondary N) is 1. The number of piperidine rings is 1. The Morgan fingerprint density at radius 2 is 2.05 bits per heavy atom. The van der Waals surface area contributed by atoms with Crippen LogP contribution in [0.4, 0.5) is 11.6 Å². The zero-order chi connectivity index (χ0) is 26.2. The highest BCUT2D eigenvalue weighted by molar-refractivity contribution is 5.97. The molecule has 1 aliphatic rings. The first-order valence-electron chi connectivity index (χ1n) is 11.7. The van der Waals surface area contributed by atoms with Gasteiger partial charge in [0.15, 0.2) is 17.2 Å². The van der Waals surface area contributed by atoms with E-state index in [1.54, 1.807) is 30.0 Å². The number of methoxy groups -OCH3 is 1. The summed E-state index contributed by atoms with van der Waals surface area (Å²) < 4.78 is 6.76. The van der Waals surface area contributed by atoms with E-state index in [0.29, 0.717) is 36.1 Å². The number of hydrogen-bond acceptors (Lipinski definition) is 10. The lowest BCUT2D eigenvalue weighted by Crippen LogP contribution is -2.52. The molecule has 5 rings (SSSR count). The summed E-state index contributed by atoms with van der Waals surface area (Å²) in [6.07, 6.45) is 3.91. The van der Waals surface area contributed by atoms with E-state index in [1.807, 2.05) is 24.3 Å². The molecule has 0 spiro atoms. The van der Waals surface area contributed by atoms with Crippen LogP contribution in [0.3, 0.4) is 0 Å². The molecule has 4 aromatic heterocycles. The van der Waals surface area contributed by atoms with Crippen molar-refractivity contribution in [1.82, 2.24) is 29.8 Å². The summed E-state index contributed by atoms with van der Waals surface area (Å²) in [6.45, 7) is 5.69. The van der Waals surface area contributed by atoms with Crippen LogP contribution >= 0.6 is 0 Å². The van der Waals surface area contributed by atoms with Gasteiger partial charge in [0.1, 0.15) is 11.9 Å². The first kappa shape index (κ1) is 23.9. The SMILES string of the molecule is COc1ccc(-c2cc3ncc(C(N)=O)c(NC4CCN(c5ccc(C#N)nn5)CC4(C)C)n3n2)cn1. The third-order valence-electron chi connectivity index (χ3n) is 6.62. The van der Waals surface area contributed by atoms with Gasteiger partial charge in [-0.25, -0.2) is 9.97 Å². The fraction of sp³-hybridized carbons (Fsp3) is 0.320. The molecule has 1 amide bonds. The second kappa shape index (κ2) is 9.34. The van der Waals surface area contributed by atoms with Crippen molar-refractivity contribution in [3.05, 3.63) is 54.0 Å². The molecular formula is C25H26N10O2. The lowest BCUT2D eigenvalue weighted by Gasteiger charge is -2.45. The van der Waals surface area contributed by atoms with E-state index < -0.39 is 5.91 Å². The molecule has 3 N–H and O–H groups in total. The molecule has 1 unspecified atom stereocenters. The molecule has 1 fully saturated rings. The fourth-order valence-electron chi connectivity index (χ4n) is 4.58. The van der Waals surface area contributed by atoms with Gasteiger partial charge in [-0.3, -0.25) is 4.79 Å². The number of primary amides is 1. The number of rotatable bonds is 6. The van der Waals surface area contributed by atoms with Crippen LogP contribution in [0.5, 0.6) is 5.88 Å². The Balaban J connectivity index is 1.45. The molecule has 0 radical (unpaired) electrons. The van der Waals surface area contributed by atoms with Crippen LogP contribution < -0.4 is 20.7 Å². The van der Waals surface area contributed by atoms with E-state index in [0.717, 1.165) is 17.8 Å². The molecule has 0 aromatic carbocycles. The maximum Gasteiger partial charge on any atom is 0.254 e. The Hall–Kier alpha value is -4.79.